The van der Waals surface area contributed by atoms with Crippen LogP contribution in [0, 0.1) is 0 Å². The molecule has 5 nitrogen and oxygen atoms in total. The molecule has 0 unspecified atom stereocenters. The summed E-state index contributed by atoms with van der Waals surface area (Å²) in [7, 11) is 0. The number of rotatable bonds is 3. The number of aromatic nitrogens is 2. The number of hydrogen-bond acceptors (Lipinski definition) is 4. The van der Waals surface area contributed by atoms with Crippen LogP contribution in [0.15, 0.2) is 48.8 Å². The van der Waals surface area contributed by atoms with Crippen LogP contribution >= 0.6 is 0 Å². The van der Waals surface area contributed by atoms with Gasteiger partial charge in [0.05, 0.1) is 6.04 Å². The Balaban J connectivity index is 1.54. The summed E-state index contributed by atoms with van der Waals surface area (Å²) >= 11 is 0. The highest BCUT2D eigenvalue weighted by atomic mass is 16.2. The molecule has 1 N–H and O–H groups in total. The van der Waals surface area contributed by atoms with E-state index in [0.717, 1.165) is 5.56 Å². The zero-order valence-corrected chi connectivity index (χ0v) is 10.4. The number of nitrogens with one attached hydrogen (secondary N) is 1. The van der Waals surface area contributed by atoms with E-state index in [1.807, 2.05) is 35.2 Å². The minimum absolute atomic E-state index is 0.0765. The molecule has 0 aliphatic carbocycles. The Morgan fingerprint density at radius 2 is 1.79 bits per heavy atom. The zero-order chi connectivity index (χ0) is 13.1. The molecule has 2 heterocycles. The predicted octanol–water partition coefficient (Wildman–Crippen LogP) is 1.41. The van der Waals surface area contributed by atoms with E-state index in [1.165, 1.54) is 0 Å². The number of carbonyl (C=O) groups is 1. The normalized spacial score (nSPS) is 14.8. The number of nitrogens with zero attached hydrogens (tertiary/aromatic N) is 3. The number of anilines is 1. The molecule has 0 bridgehead atoms. The molecule has 19 heavy (non-hydrogen) atoms. The van der Waals surface area contributed by atoms with Crippen molar-refractivity contribution in [2.24, 2.45) is 0 Å². The van der Waals surface area contributed by atoms with Crippen molar-refractivity contribution in [3.63, 3.8) is 0 Å². The van der Waals surface area contributed by atoms with Crippen molar-refractivity contribution in [3.05, 3.63) is 54.4 Å². The quantitative estimate of drug-likeness (QED) is 0.899. The molecule has 3 rings (SSSR count). The molecule has 1 aromatic carbocycles. The molecule has 1 aromatic heterocycles. The molecular formula is C14H14N4O. The summed E-state index contributed by atoms with van der Waals surface area (Å²) in [4.78, 5) is 22.1. The molecule has 5 heteroatoms. The number of hydrogen-bond donors (Lipinski definition) is 1. The van der Waals surface area contributed by atoms with Crippen LogP contribution in [0.1, 0.15) is 10.4 Å². The third-order valence-corrected chi connectivity index (χ3v) is 3.09. The highest BCUT2D eigenvalue weighted by molar-refractivity contribution is 5.94. The van der Waals surface area contributed by atoms with Gasteiger partial charge in [-0.1, -0.05) is 18.2 Å². The molecule has 2 aromatic rings. The summed E-state index contributed by atoms with van der Waals surface area (Å²) in [6.07, 6.45) is 3.39. The van der Waals surface area contributed by atoms with E-state index in [4.69, 9.17) is 0 Å². The van der Waals surface area contributed by atoms with Gasteiger partial charge in [-0.25, -0.2) is 9.97 Å². The Bertz CT molecular complexity index is 552. The Labute approximate surface area is 111 Å². The summed E-state index contributed by atoms with van der Waals surface area (Å²) < 4.78 is 0. The number of amides is 1. The third-order valence-electron chi connectivity index (χ3n) is 3.09. The van der Waals surface area contributed by atoms with Crippen molar-refractivity contribution in [3.8, 4) is 0 Å². The van der Waals surface area contributed by atoms with Crippen molar-refractivity contribution in [2.75, 3.05) is 18.4 Å². The van der Waals surface area contributed by atoms with E-state index in [0.29, 0.717) is 19.0 Å². The van der Waals surface area contributed by atoms with Gasteiger partial charge in [0.15, 0.2) is 0 Å². The van der Waals surface area contributed by atoms with Gasteiger partial charge < -0.3 is 10.2 Å². The first kappa shape index (κ1) is 11.6. The van der Waals surface area contributed by atoms with Crippen molar-refractivity contribution < 1.29 is 4.79 Å². The van der Waals surface area contributed by atoms with Crippen LogP contribution in [-0.4, -0.2) is 39.9 Å². The Kier molecular flexibility index (Phi) is 3.10. The minimum Gasteiger partial charge on any atom is -0.348 e. The number of carbonyl (C=O) groups excluding carboxylic acids is 1. The smallest absolute Gasteiger partial charge is 0.253 e. The second-order valence-electron chi connectivity index (χ2n) is 4.49. The molecule has 0 spiro atoms. The summed E-state index contributed by atoms with van der Waals surface area (Å²) in [6.45, 7) is 1.37. The molecule has 1 aliphatic heterocycles. The molecule has 1 fully saturated rings. The van der Waals surface area contributed by atoms with Crippen molar-refractivity contribution in [1.82, 2.24) is 14.9 Å². The van der Waals surface area contributed by atoms with Crippen LogP contribution in [0.5, 0.6) is 0 Å². The van der Waals surface area contributed by atoms with E-state index < -0.39 is 0 Å². The topological polar surface area (TPSA) is 58.1 Å². The van der Waals surface area contributed by atoms with E-state index in [-0.39, 0.29) is 11.9 Å². The lowest BCUT2D eigenvalue weighted by molar-refractivity contribution is 0.0624. The van der Waals surface area contributed by atoms with Crippen LogP contribution in [0.4, 0.5) is 5.95 Å². The lowest BCUT2D eigenvalue weighted by Gasteiger charge is -2.39. The Morgan fingerprint density at radius 1 is 1.11 bits per heavy atom. The minimum atomic E-state index is 0.0765. The number of likely N-dealkylation sites (tertiary alicyclic amines) is 1. The van der Waals surface area contributed by atoms with Crippen LogP contribution in [0.25, 0.3) is 0 Å². The highest BCUT2D eigenvalue weighted by Gasteiger charge is 2.31. The second kappa shape index (κ2) is 5.06. The maximum absolute atomic E-state index is 12.1. The van der Waals surface area contributed by atoms with Crippen LogP contribution in [0.3, 0.4) is 0 Å². The molecule has 96 valence electrons. The fourth-order valence-electron chi connectivity index (χ4n) is 2.06. The molecule has 1 amide bonds. The molecule has 0 atom stereocenters. The van der Waals surface area contributed by atoms with E-state index >= 15 is 0 Å². The average Bonchev–Trinajstić information content (AvgIpc) is 2.44. The van der Waals surface area contributed by atoms with Gasteiger partial charge in [-0.3, -0.25) is 4.79 Å². The van der Waals surface area contributed by atoms with Crippen LogP contribution in [-0.2, 0) is 0 Å². The molecule has 1 saturated heterocycles. The third kappa shape index (κ3) is 2.54. The first-order valence-electron chi connectivity index (χ1n) is 6.21. The summed E-state index contributed by atoms with van der Waals surface area (Å²) in [5, 5.41) is 3.20. The SMILES string of the molecule is O=C(c1ccccc1)N1CC(Nc2ncccn2)C1. The van der Waals surface area contributed by atoms with Crippen molar-refractivity contribution in [2.45, 2.75) is 6.04 Å². The van der Waals surface area contributed by atoms with Gasteiger partial charge in [-0.2, -0.15) is 0 Å². The fraction of sp³-hybridized carbons (Fsp3) is 0.214. The summed E-state index contributed by atoms with van der Waals surface area (Å²) in [5.74, 6) is 0.687. The summed E-state index contributed by atoms with van der Waals surface area (Å²) in [5.41, 5.74) is 0.733. The molecule has 1 aliphatic rings. The van der Waals surface area contributed by atoms with Gasteiger partial charge >= 0.3 is 0 Å². The molecule has 0 saturated carbocycles. The van der Waals surface area contributed by atoms with Gasteiger partial charge in [0.1, 0.15) is 0 Å². The fourth-order valence-corrected chi connectivity index (χ4v) is 2.06. The average molecular weight is 254 g/mol. The van der Waals surface area contributed by atoms with Crippen molar-refractivity contribution >= 4 is 11.9 Å². The van der Waals surface area contributed by atoms with Gasteiger partial charge in [-0.15, -0.1) is 0 Å². The first-order valence-corrected chi connectivity index (χ1v) is 6.21. The first-order chi connectivity index (χ1) is 9.33. The predicted molar refractivity (Wildman–Crippen MR) is 71.8 cm³/mol. The Morgan fingerprint density at radius 3 is 2.47 bits per heavy atom. The zero-order valence-electron chi connectivity index (χ0n) is 10.4. The van der Waals surface area contributed by atoms with Gasteiger partial charge in [0.25, 0.3) is 5.91 Å². The van der Waals surface area contributed by atoms with E-state index in [2.05, 4.69) is 15.3 Å². The van der Waals surface area contributed by atoms with Crippen molar-refractivity contribution in [1.29, 1.82) is 0 Å². The van der Waals surface area contributed by atoms with Gasteiger partial charge in [0.2, 0.25) is 5.95 Å². The summed E-state index contributed by atoms with van der Waals surface area (Å²) in [6, 6.07) is 11.3. The van der Waals surface area contributed by atoms with Crippen LogP contribution in [0.2, 0.25) is 0 Å². The monoisotopic (exact) mass is 254 g/mol. The lowest BCUT2D eigenvalue weighted by Crippen LogP contribution is -2.57. The highest BCUT2D eigenvalue weighted by Crippen LogP contribution is 2.15. The maximum atomic E-state index is 12.1. The van der Waals surface area contributed by atoms with E-state index in [9.17, 15) is 4.79 Å². The molecule has 0 radical (unpaired) electrons. The largest absolute Gasteiger partial charge is 0.348 e. The standard InChI is InChI=1S/C14H14N4O/c19-13(11-5-2-1-3-6-11)18-9-12(10-18)17-14-15-7-4-8-16-14/h1-8,12H,9-10H2,(H,15,16,17). The van der Waals surface area contributed by atoms with Gasteiger partial charge in [0, 0.05) is 31.0 Å². The van der Waals surface area contributed by atoms with Gasteiger partial charge in [-0.05, 0) is 18.2 Å². The second-order valence-corrected chi connectivity index (χ2v) is 4.49. The molecular weight excluding hydrogens is 240 g/mol. The lowest BCUT2D eigenvalue weighted by atomic mass is 10.1. The van der Waals surface area contributed by atoms with E-state index in [1.54, 1.807) is 18.5 Å². The van der Waals surface area contributed by atoms with Crippen LogP contribution < -0.4 is 5.32 Å². The Hall–Kier alpha value is -2.43. The number of benzene rings is 1. The maximum Gasteiger partial charge on any atom is 0.253 e.